The van der Waals surface area contributed by atoms with Crippen LogP contribution >= 0.6 is 12.2 Å². The number of carboxylic acid groups (broad SMARTS) is 1. The molecule has 0 saturated carbocycles. The lowest BCUT2D eigenvalue weighted by Crippen LogP contribution is -2.30. The van der Waals surface area contributed by atoms with Crippen LogP contribution in [0, 0.1) is 10.1 Å². The number of nitro benzene ring substituents is 1. The molecule has 0 aliphatic carbocycles. The summed E-state index contributed by atoms with van der Waals surface area (Å²) in [5.74, 6) is -2.04. The molecule has 0 unspecified atom stereocenters. The maximum Gasteiger partial charge on any atom is 0.337 e. The van der Waals surface area contributed by atoms with E-state index in [0.717, 1.165) is 0 Å². The molecule has 0 saturated heterocycles. The number of hydrogen-bond acceptors (Lipinski definition) is 6. The van der Waals surface area contributed by atoms with Gasteiger partial charge in [-0.1, -0.05) is 24.3 Å². The van der Waals surface area contributed by atoms with Gasteiger partial charge in [0.2, 0.25) is 0 Å². The molecule has 0 aliphatic heterocycles. The zero-order valence-corrected chi connectivity index (χ0v) is 13.3. The van der Waals surface area contributed by atoms with Crippen molar-refractivity contribution in [2.24, 2.45) is 0 Å². The zero-order valence-electron chi connectivity index (χ0n) is 12.5. The molecule has 2 rings (SSSR count). The number of benzene rings is 2. The van der Waals surface area contributed by atoms with Gasteiger partial charge in [-0.05, 0) is 30.4 Å². The van der Waals surface area contributed by atoms with Crippen molar-refractivity contribution in [1.29, 1.82) is 0 Å². The lowest BCUT2D eigenvalue weighted by Gasteiger charge is -2.11. The van der Waals surface area contributed by atoms with E-state index < -0.39 is 22.5 Å². The number of thiocarbonyl (C=S) groups is 1. The molecular formula is C15H11N3O6S. The highest BCUT2D eigenvalue weighted by Crippen LogP contribution is 2.18. The Kier molecular flexibility index (Phi) is 5.58. The third-order valence-corrected chi connectivity index (χ3v) is 3.16. The van der Waals surface area contributed by atoms with Gasteiger partial charge < -0.3 is 15.3 Å². The van der Waals surface area contributed by atoms with Crippen LogP contribution in [-0.4, -0.2) is 27.1 Å². The molecule has 0 atom stereocenters. The molecule has 10 heteroatoms. The van der Waals surface area contributed by atoms with Gasteiger partial charge in [-0.25, -0.2) is 4.79 Å². The van der Waals surface area contributed by atoms with Crippen molar-refractivity contribution in [3.63, 3.8) is 0 Å². The van der Waals surface area contributed by atoms with Gasteiger partial charge in [0, 0.05) is 6.07 Å². The predicted molar refractivity (Wildman–Crippen MR) is 91.3 cm³/mol. The lowest BCUT2D eigenvalue weighted by molar-refractivity contribution is -0.385. The van der Waals surface area contributed by atoms with Crippen LogP contribution in [0.2, 0.25) is 0 Å². The van der Waals surface area contributed by atoms with Crippen molar-refractivity contribution in [3.8, 4) is 0 Å². The Morgan fingerprint density at radius 1 is 1.08 bits per heavy atom. The topological polar surface area (TPSA) is 131 Å². The highest BCUT2D eigenvalue weighted by atomic mass is 32.1. The van der Waals surface area contributed by atoms with Crippen molar-refractivity contribution >= 4 is 40.6 Å². The molecule has 1 amide bonds. The molecule has 0 aliphatic rings. The second kappa shape index (κ2) is 7.84. The van der Waals surface area contributed by atoms with Crippen LogP contribution < -0.4 is 10.8 Å². The number of carbonyl (C=O) groups excluding carboxylic acids is 1. The fourth-order valence-corrected chi connectivity index (χ4v) is 2.04. The molecule has 9 nitrogen and oxygen atoms in total. The van der Waals surface area contributed by atoms with Crippen LogP contribution in [-0.2, 0) is 4.84 Å². The number of hydrogen-bond donors (Lipinski definition) is 3. The normalized spacial score (nSPS) is 9.76. The lowest BCUT2D eigenvalue weighted by atomic mass is 10.2. The van der Waals surface area contributed by atoms with Crippen LogP contribution in [0.15, 0.2) is 48.5 Å². The summed E-state index contributed by atoms with van der Waals surface area (Å²) in [5, 5.41) is 22.2. The average molecular weight is 361 g/mol. The van der Waals surface area contributed by atoms with E-state index in [1.54, 1.807) is 6.07 Å². The first-order valence-electron chi connectivity index (χ1n) is 6.74. The Morgan fingerprint density at radius 2 is 1.68 bits per heavy atom. The van der Waals surface area contributed by atoms with Gasteiger partial charge in [-0.3, -0.25) is 14.9 Å². The smallest absolute Gasteiger partial charge is 0.337 e. The number of anilines is 1. The number of hydroxylamine groups is 1. The fraction of sp³-hybridized carbons (Fsp3) is 0. The van der Waals surface area contributed by atoms with Crippen molar-refractivity contribution in [1.82, 2.24) is 5.48 Å². The second-order valence-electron chi connectivity index (χ2n) is 4.57. The number of para-hydroxylation sites is 2. The molecule has 0 spiro atoms. The minimum atomic E-state index is -1.17. The molecule has 25 heavy (non-hydrogen) atoms. The summed E-state index contributed by atoms with van der Waals surface area (Å²) in [4.78, 5) is 38.1. The van der Waals surface area contributed by atoms with Crippen LogP contribution in [0.3, 0.4) is 0 Å². The van der Waals surface area contributed by atoms with Gasteiger partial charge in [0.1, 0.15) is 5.56 Å². The first-order chi connectivity index (χ1) is 11.9. The Bertz CT molecular complexity index is 855. The molecule has 2 aromatic carbocycles. The molecule has 0 heterocycles. The largest absolute Gasteiger partial charge is 0.478 e. The average Bonchev–Trinajstić information content (AvgIpc) is 2.60. The summed E-state index contributed by atoms with van der Waals surface area (Å²) >= 11 is 4.86. The Hall–Kier alpha value is -3.53. The number of carboxylic acids is 1. The van der Waals surface area contributed by atoms with Gasteiger partial charge in [0.05, 0.1) is 16.2 Å². The Balaban J connectivity index is 2.03. The summed E-state index contributed by atoms with van der Waals surface area (Å²) in [6.45, 7) is 0. The molecule has 0 fully saturated rings. The Labute approximate surface area is 146 Å². The number of amides is 1. The minimum absolute atomic E-state index is 0.0431. The van der Waals surface area contributed by atoms with E-state index in [-0.39, 0.29) is 22.0 Å². The molecule has 128 valence electrons. The molecule has 0 bridgehead atoms. The number of nitrogens with one attached hydrogen (secondary N) is 2. The summed E-state index contributed by atoms with van der Waals surface area (Å²) in [6.07, 6.45) is 0. The van der Waals surface area contributed by atoms with Crippen LogP contribution in [0.1, 0.15) is 20.7 Å². The van der Waals surface area contributed by atoms with E-state index in [4.69, 9.17) is 22.2 Å². The first-order valence-corrected chi connectivity index (χ1v) is 7.15. The zero-order chi connectivity index (χ0) is 18.4. The highest BCUT2D eigenvalue weighted by molar-refractivity contribution is 7.80. The number of carbonyl (C=O) groups is 2. The van der Waals surface area contributed by atoms with Gasteiger partial charge in [0.25, 0.3) is 16.8 Å². The van der Waals surface area contributed by atoms with Crippen molar-refractivity contribution in [2.45, 2.75) is 0 Å². The summed E-state index contributed by atoms with van der Waals surface area (Å²) in [7, 11) is 0. The SMILES string of the molecule is O=C(O)c1ccccc1NC(=S)ONC(=O)c1ccccc1[N+](=O)[O-]. The predicted octanol–water partition coefficient (Wildman–Crippen LogP) is 2.35. The molecule has 2 aromatic rings. The summed E-state index contributed by atoms with van der Waals surface area (Å²) in [5.41, 5.74) is 1.49. The van der Waals surface area contributed by atoms with Gasteiger partial charge >= 0.3 is 5.97 Å². The number of nitrogens with zero attached hydrogens (tertiary/aromatic N) is 1. The molecule has 0 radical (unpaired) electrons. The van der Waals surface area contributed by atoms with Crippen molar-refractivity contribution in [2.75, 3.05) is 5.32 Å². The van der Waals surface area contributed by atoms with Gasteiger partial charge in [-0.2, -0.15) is 5.48 Å². The van der Waals surface area contributed by atoms with Gasteiger partial charge in [-0.15, -0.1) is 0 Å². The van der Waals surface area contributed by atoms with E-state index >= 15 is 0 Å². The van der Waals surface area contributed by atoms with Gasteiger partial charge in [0.15, 0.2) is 0 Å². The van der Waals surface area contributed by atoms with Crippen molar-refractivity contribution in [3.05, 3.63) is 69.8 Å². The van der Waals surface area contributed by atoms with E-state index in [9.17, 15) is 19.7 Å². The quantitative estimate of drug-likeness (QED) is 0.430. The number of nitro groups is 1. The summed E-state index contributed by atoms with van der Waals surface area (Å²) in [6, 6.07) is 11.3. The number of rotatable bonds is 4. The van der Waals surface area contributed by atoms with Crippen LogP contribution in [0.5, 0.6) is 0 Å². The summed E-state index contributed by atoms with van der Waals surface area (Å²) < 4.78 is 0. The molecular weight excluding hydrogens is 350 g/mol. The third-order valence-electron chi connectivity index (χ3n) is 2.98. The minimum Gasteiger partial charge on any atom is -0.478 e. The first kappa shape index (κ1) is 17.8. The fourth-order valence-electron chi connectivity index (χ4n) is 1.89. The third kappa shape index (κ3) is 4.48. The van der Waals surface area contributed by atoms with E-state index in [1.807, 2.05) is 5.48 Å². The van der Waals surface area contributed by atoms with Crippen LogP contribution in [0.25, 0.3) is 0 Å². The maximum atomic E-state index is 12.0. The standard InChI is InChI=1S/C15H11N3O6S/c19-13(10-6-2-4-8-12(10)18(22)23)17-24-15(25)16-11-7-3-1-5-9(11)14(20)21/h1-8H,(H,16,25)(H,17,19)(H,20,21). The van der Waals surface area contributed by atoms with E-state index in [0.29, 0.717) is 0 Å². The Morgan fingerprint density at radius 3 is 2.32 bits per heavy atom. The second-order valence-corrected chi connectivity index (χ2v) is 4.94. The van der Waals surface area contributed by atoms with E-state index in [1.165, 1.54) is 42.5 Å². The monoisotopic (exact) mass is 361 g/mol. The van der Waals surface area contributed by atoms with Crippen LogP contribution in [0.4, 0.5) is 11.4 Å². The highest BCUT2D eigenvalue weighted by Gasteiger charge is 2.20. The molecule has 0 aromatic heterocycles. The number of aromatic carboxylic acids is 1. The van der Waals surface area contributed by atoms with E-state index in [2.05, 4.69) is 5.32 Å². The maximum absolute atomic E-state index is 12.0. The van der Waals surface area contributed by atoms with Crippen molar-refractivity contribution < 1.29 is 24.5 Å². The molecule has 3 N–H and O–H groups in total.